The first-order chi connectivity index (χ1) is 8.08. The summed E-state index contributed by atoms with van der Waals surface area (Å²) < 4.78 is 1.45. The molecule has 4 nitrogen and oxygen atoms in total. The van der Waals surface area contributed by atoms with Crippen LogP contribution in [0.5, 0.6) is 5.75 Å². The molecule has 0 radical (unpaired) electrons. The van der Waals surface area contributed by atoms with Gasteiger partial charge in [0, 0.05) is 11.6 Å². The maximum Gasteiger partial charge on any atom is 0.267 e. The van der Waals surface area contributed by atoms with Gasteiger partial charge in [0.15, 0.2) is 0 Å². The summed E-state index contributed by atoms with van der Waals surface area (Å²) in [6, 6.07) is 9.96. The van der Waals surface area contributed by atoms with Crippen molar-refractivity contribution < 1.29 is 5.11 Å². The van der Waals surface area contributed by atoms with Gasteiger partial charge >= 0.3 is 0 Å². The normalized spacial score (nSPS) is 10.8. The van der Waals surface area contributed by atoms with Crippen molar-refractivity contribution in [3.63, 3.8) is 0 Å². The Balaban J connectivity index is 2.50. The molecule has 88 valence electrons. The average Bonchev–Trinajstić information content (AvgIpc) is 2.30. The zero-order valence-corrected chi connectivity index (χ0v) is 9.79. The average molecular weight is 230 g/mol. The van der Waals surface area contributed by atoms with E-state index in [4.69, 9.17) is 0 Å². The Bertz CT molecular complexity index is 571. The number of nitrogens with zero attached hydrogens (tertiary/aromatic N) is 2. The van der Waals surface area contributed by atoms with E-state index in [9.17, 15) is 9.90 Å². The molecule has 0 fully saturated rings. The third-order valence-electron chi connectivity index (χ3n) is 2.48. The van der Waals surface area contributed by atoms with Gasteiger partial charge in [0.1, 0.15) is 5.75 Å². The van der Waals surface area contributed by atoms with E-state index in [1.165, 1.54) is 10.7 Å². The second-order valence-corrected chi connectivity index (χ2v) is 4.14. The van der Waals surface area contributed by atoms with Crippen molar-refractivity contribution in [1.29, 1.82) is 0 Å². The molecule has 2 rings (SSSR count). The first kappa shape index (κ1) is 11.4. The van der Waals surface area contributed by atoms with Crippen molar-refractivity contribution in [3.05, 3.63) is 46.8 Å². The lowest BCUT2D eigenvalue weighted by molar-refractivity contribution is 0.475. The van der Waals surface area contributed by atoms with Crippen LogP contribution in [0.25, 0.3) is 11.3 Å². The van der Waals surface area contributed by atoms with Gasteiger partial charge in [-0.25, -0.2) is 4.68 Å². The highest BCUT2D eigenvalue weighted by Crippen LogP contribution is 2.19. The number of rotatable bonds is 2. The summed E-state index contributed by atoms with van der Waals surface area (Å²) in [4.78, 5) is 11.6. The van der Waals surface area contributed by atoms with Gasteiger partial charge in [-0.15, -0.1) is 0 Å². The molecular formula is C13H14N2O2. The second-order valence-electron chi connectivity index (χ2n) is 4.14. The van der Waals surface area contributed by atoms with Gasteiger partial charge in [0.05, 0.1) is 11.7 Å². The van der Waals surface area contributed by atoms with Crippen LogP contribution in [0.2, 0.25) is 0 Å². The maximum atomic E-state index is 11.6. The van der Waals surface area contributed by atoms with E-state index in [0.717, 1.165) is 11.3 Å². The monoisotopic (exact) mass is 230 g/mol. The summed E-state index contributed by atoms with van der Waals surface area (Å²) in [6.07, 6.45) is 0. The first-order valence-electron chi connectivity index (χ1n) is 5.47. The van der Waals surface area contributed by atoms with Crippen molar-refractivity contribution >= 4 is 0 Å². The largest absolute Gasteiger partial charge is 0.508 e. The Morgan fingerprint density at radius 1 is 1.12 bits per heavy atom. The van der Waals surface area contributed by atoms with E-state index in [-0.39, 0.29) is 17.4 Å². The minimum Gasteiger partial charge on any atom is -0.508 e. The highest BCUT2D eigenvalue weighted by molar-refractivity contribution is 5.59. The van der Waals surface area contributed by atoms with E-state index in [1.54, 1.807) is 30.3 Å². The van der Waals surface area contributed by atoms with Crippen LogP contribution in [0, 0.1) is 0 Å². The van der Waals surface area contributed by atoms with Crippen LogP contribution in [0.4, 0.5) is 0 Å². The SMILES string of the molecule is CC(C)n1nc(-c2ccc(O)cc2)ccc1=O. The second kappa shape index (κ2) is 4.41. The zero-order chi connectivity index (χ0) is 12.4. The van der Waals surface area contributed by atoms with Gasteiger partial charge < -0.3 is 5.11 Å². The summed E-state index contributed by atoms with van der Waals surface area (Å²) >= 11 is 0. The molecule has 4 heteroatoms. The van der Waals surface area contributed by atoms with E-state index < -0.39 is 0 Å². The van der Waals surface area contributed by atoms with Gasteiger partial charge in [-0.05, 0) is 44.2 Å². The number of phenols is 1. The molecule has 2 aromatic rings. The quantitative estimate of drug-likeness (QED) is 0.860. The number of benzene rings is 1. The highest BCUT2D eigenvalue weighted by atomic mass is 16.3. The molecule has 0 saturated heterocycles. The molecule has 0 spiro atoms. The van der Waals surface area contributed by atoms with Crippen molar-refractivity contribution in [3.8, 4) is 17.0 Å². The Labute approximate surface area is 99.2 Å². The lowest BCUT2D eigenvalue weighted by atomic mass is 10.1. The molecule has 17 heavy (non-hydrogen) atoms. The molecule has 0 amide bonds. The molecule has 0 aliphatic rings. The summed E-state index contributed by atoms with van der Waals surface area (Å²) in [6.45, 7) is 3.82. The number of aromatic nitrogens is 2. The lowest BCUT2D eigenvalue weighted by Gasteiger charge is -2.09. The molecule has 0 aliphatic carbocycles. The molecule has 0 unspecified atom stereocenters. The Morgan fingerprint density at radius 2 is 1.76 bits per heavy atom. The molecule has 0 saturated carbocycles. The molecule has 1 aromatic carbocycles. The highest BCUT2D eigenvalue weighted by Gasteiger charge is 2.05. The third kappa shape index (κ3) is 2.36. The van der Waals surface area contributed by atoms with Crippen LogP contribution in [-0.4, -0.2) is 14.9 Å². The molecule has 1 aromatic heterocycles. The predicted octanol–water partition coefficient (Wildman–Crippen LogP) is 2.20. The summed E-state index contributed by atoms with van der Waals surface area (Å²) in [5.41, 5.74) is 1.48. The van der Waals surface area contributed by atoms with Crippen molar-refractivity contribution in [2.24, 2.45) is 0 Å². The van der Waals surface area contributed by atoms with Gasteiger partial charge in [0.2, 0.25) is 0 Å². The fourth-order valence-electron chi connectivity index (χ4n) is 1.58. The van der Waals surface area contributed by atoms with Crippen LogP contribution in [0.3, 0.4) is 0 Å². The third-order valence-corrected chi connectivity index (χ3v) is 2.48. The van der Waals surface area contributed by atoms with Crippen LogP contribution in [0.1, 0.15) is 19.9 Å². The topological polar surface area (TPSA) is 55.1 Å². The molecule has 0 atom stereocenters. The zero-order valence-electron chi connectivity index (χ0n) is 9.79. The number of phenolic OH excluding ortho intramolecular Hbond substituents is 1. The Hall–Kier alpha value is -2.10. The van der Waals surface area contributed by atoms with E-state index in [1.807, 2.05) is 13.8 Å². The van der Waals surface area contributed by atoms with Crippen molar-refractivity contribution in [1.82, 2.24) is 9.78 Å². The van der Waals surface area contributed by atoms with Crippen molar-refractivity contribution in [2.45, 2.75) is 19.9 Å². The summed E-state index contributed by atoms with van der Waals surface area (Å²) in [5, 5.41) is 13.5. The van der Waals surface area contributed by atoms with E-state index in [2.05, 4.69) is 5.10 Å². The lowest BCUT2D eigenvalue weighted by Crippen LogP contribution is -2.23. The number of hydrogen-bond acceptors (Lipinski definition) is 3. The van der Waals surface area contributed by atoms with Gasteiger partial charge in [0.25, 0.3) is 5.56 Å². The van der Waals surface area contributed by atoms with Crippen LogP contribution >= 0.6 is 0 Å². The fourth-order valence-corrected chi connectivity index (χ4v) is 1.58. The van der Waals surface area contributed by atoms with Gasteiger partial charge in [-0.1, -0.05) is 0 Å². The first-order valence-corrected chi connectivity index (χ1v) is 5.47. The Morgan fingerprint density at radius 3 is 2.35 bits per heavy atom. The van der Waals surface area contributed by atoms with Crippen molar-refractivity contribution in [2.75, 3.05) is 0 Å². The van der Waals surface area contributed by atoms with Gasteiger partial charge in [-0.2, -0.15) is 5.10 Å². The fraction of sp³-hybridized carbons (Fsp3) is 0.231. The standard InChI is InChI=1S/C13H14N2O2/c1-9(2)15-13(17)8-7-12(14-15)10-3-5-11(16)6-4-10/h3-9,16H,1-2H3. The molecule has 1 heterocycles. The molecular weight excluding hydrogens is 216 g/mol. The summed E-state index contributed by atoms with van der Waals surface area (Å²) in [5.74, 6) is 0.214. The smallest absolute Gasteiger partial charge is 0.267 e. The predicted molar refractivity (Wildman–Crippen MR) is 66.0 cm³/mol. The van der Waals surface area contributed by atoms with Gasteiger partial charge in [-0.3, -0.25) is 4.79 Å². The van der Waals surface area contributed by atoms with E-state index in [0.29, 0.717) is 0 Å². The molecule has 1 N–H and O–H groups in total. The minimum atomic E-state index is -0.109. The molecule has 0 aliphatic heterocycles. The number of hydrogen-bond donors (Lipinski definition) is 1. The van der Waals surface area contributed by atoms with Crippen LogP contribution in [-0.2, 0) is 0 Å². The minimum absolute atomic E-state index is 0.0274. The molecule has 0 bridgehead atoms. The van der Waals surface area contributed by atoms with E-state index >= 15 is 0 Å². The van der Waals surface area contributed by atoms with Crippen LogP contribution < -0.4 is 5.56 Å². The van der Waals surface area contributed by atoms with Crippen LogP contribution in [0.15, 0.2) is 41.2 Å². The maximum absolute atomic E-state index is 11.6. The number of aromatic hydroxyl groups is 1. The summed E-state index contributed by atoms with van der Waals surface area (Å²) in [7, 11) is 0. The Kier molecular flexibility index (Phi) is 2.95.